The monoisotopic (exact) mass is 614 g/mol. The largest absolute Gasteiger partial charge is 0.459 e. The molecule has 3 nitrogen and oxygen atoms in total. The van der Waals surface area contributed by atoms with E-state index in [4.69, 9.17) is 4.74 Å². The second kappa shape index (κ2) is 11.8. The van der Waals surface area contributed by atoms with E-state index in [0.29, 0.717) is 29.5 Å². The van der Waals surface area contributed by atoms with Gasteiger partial charge in [0.1, 0.15) is 6.10 Å². The van der Waals surface area contributed by atoms with Gasteiger partial charge in [0.05, 0.1) is 0 Å². The maximum atomic E-state index is 14.4. The molecule has 0 heterocycles. The Balaban J connectivity index is 1.42. The van der Waals surface area contributed by atoms with Crippen LogP contribution in [0.15, 0.2) is 48.1 Å². The molecular formula is C42H62O3. The average molecular weight is 615 g/mol. The normalized spacial score (nSPS) is 39.6. The van der Waals surface area contributed by atoms with E-state index in [-0.39, 0.29) is 39.7 Å². The highest BCUT2D eigenvalue weighted by molar-refractivity contribution is 5.97. The van der Waals surface area contributed by atoms with Gasteiger partial charge in [-0.25, -0.2) is 4.79 Å². The molecule has 248 valence electrons. The lowest BCUT2D eigenvalue weighted by molar-refractivity contribution is -0.172. The topological polar surface area (TPSA) is 43.4 Å². The first-order valence-electron chi connectivity index (χ1n) is 18.1. The smallest absolute Gasteiger partial charge is 0.331 e. The Hall–Kier alpha value is -2.16. The molecule has 0 spiro atoms. The molecule has 4 aliphatic rings. The number of esters is 1. The van der Waals surface area contributed by atoms with Crippen LogP contribution in [0.5, 0.6) is 0 Å². The first kappa shape index (κ1) is 34.2. The number of ether oxygens (including phenoxy) is 1. The van der Waals surface area contributed by atoms with Crippen molar-refractivity contribution in [3.8, 4) is 0 Å². The number of rotatable bonds is 8. The predicted molar refractivity (Wildman–Crippen MR) is 186 cm³/mol. The van der Waals surface area contributed by atoms with Crippen molar-refractivity contribution in [1.29, 1.82) is 0 Å². The molecule has 3 heteroatoms. The SMILES string of the molecule is CC(C)[C@@H](C)C[C@@H](C)C(C)(C)[C@H]1CC[C@@]2(C)C3=CC(=O)[C@]4(C)C[C@@H](C)[C@@H](OC(=O)/C=C/c5ccccc5)C[C@]4(C)C3CC[C@]12C. The fraction of sp³-hybridized carbons (Fsp3) is 0.714. The van der Waals surface area contributed by atoms with Crippen molar-refractivity contribution in [3.05, 3.63) is 53.6 Å². The summed E-state index contributed by atoms with van der Waals surface area (Å²) in [5.41, 5.74) is 2.13. The van der Waals surface area contributed by atoms with Crippen LogP contribution in [0.1, 0.15) is 127 Å². The minimum atomic E-state index is -0.438. The highest BCUT2D eigenvalue weighted by Crippen LogP contribution is 2.75. The summed E-state index contributed by atoms with van der Waals surface area (Å²) in [6.07, 6.45) is 12.8. The Morgan fingerprint density at radius 3 is 2.27 bits per heavy atom. The highest BCUT2D eigenvalue weighted by Gasteiger charge is 2.69. The van der Waals surface area contributed by atoms with E-state index >= 15 is 0 Å². The van der Waals surface area contributed by atoms with Crippen molar-refractivity contribution in [3.63, 3.8) is 0 Å². The number of ketones is 1. The lowest BCUT2D eigenvalue weighted by Crippen LogP contribution is -2.62. The van der Waals surface area contributed by atoms with Crippen LogP contribution in [0, 0.1) is 62.6 Å². The zero-order valence-electron chi connectivity index (χ0n) is 30.3. The predicted octanol–water partition coefficient (Wildman–Crippen LogP) is 10.7. The van der Waals surface area contributed by atoms with Gasteiger partial charge in [0, 0.05) is 11.5 Å². The van der Waals surface area contributed by atoms with E-state index in [9.17, 15) is 9.59 Å². The van der Waals surface area contributed by atoms with Gasteiger partial charge >= 0.3 is 5.97 Å². The Labute approximate surface area is 275 Å². The molecule has 0 radical (unpaired) electrons. The Morgan fingerprint density at radius 2 is 1.62 bits per heavy atom. The summed E-state index contributed by atoms with van der Waals surface area (Å²) in [6.45, 7) is 26.6. The zero-order valence-corrected chi connectivity index (χ0v) is 30.3. The number of allylic oxidation sites excluding steroid dienone is 2. The van der Waals surface area contributed by atoms with Crippen molar-refractivity contribution in [1.82, 2.24) is 0 Å². The lowest BCUT2D eigenvalue weighted by Gasteiger charge is -2.65. The summed E-state index contributed by atoms with van der Waals surface area (Å²) in [5, 5.41) is 0. The van der Waals surface area contributed by atoms with Gasteiger partial charge in [-0.15, -0.1) is 0 Å². The third-order valence-electron chi connectivity index (χ3n) is 15.3. The summed E-state index contributed by atoms with van der Waals surface area (Å²) < 4.78 is 6.21. The second-order valence-corrected chi connectivity index (χ2v) is 17.9. The molecule has 10 atom stereocenters. The summed E-state index contributed by atoms with van der Waals surface area (Å²) in [7, 11) is 0. The number of carbonyl (C=O) groups excluding carboxylic acids is 2. The standard InChI is InChI=1S/C42H62O3/c1-27(2)28(3)23-30(5)38(6,7)35-20-22-39(8)33-24-36(43)42(11)25-29(4)34(26-41(42,10)32(33)19-21-40(35,39)9)45-37(44)18-17-31-15-13-12-14-16-31/h12-18,24,27-30,32,34-35H,19-23,25-26H2,1-11H3/b18-17+/t28-,29+,30+,32?,34-,35+,39-,40+,41+,42-/m0/s1. The summed E-state index contributed by atoms with van der Waals surface area (Å²) in [4.78, 5) is 27.4. The maximum absolute atomic E-state index is 14.4. The van der Waals surface area contributed by atoms with Crippen LogP contribution >= 0.6 is 0 Å². The molecule has 1 aromatic rings. The van der Waals surface area contributed by atoms with Gasteiger partial charge in [-0.05, 0) is 120 Å². The average Bonchev–Trinajstić information content (AvgIpc) is 3.26. The molecule has 4 aliphatic carbocycles. The summed E-state index contributed by atoms with van der Waals surface area (Å²) in [6, 6.07) is 9.89. The first-order chi connectivity index (χ1) is 20.9. The van der Waals surface area contributed by atoms with E-state index < -0.39 is 5.41 Å². The van der Waals surface area contributed by atoms with Gasteiger partial charge in [-0.1, -0.05) is 112 Å². The minimum absolute atomic E-state index is 0.00882. The fourth-order valence-electron chi connectivity index (χ4n) is 11.1. The van der Waals surface area contributed by atoms with Crippen molar-refractivity contribution in [2.24, 2.45) is 62.6 Å². The van der Waals surface area contributed by atoms with Crippen molar-refractivity contribution >= 4 is 17.8 Å². The molecule has 5 rings (SSSR count). The molecule has 0 saturated heterocycles. The van der Waals surface area contributed by atoms with Gasteiger partial charge in [-0.3, -0.25) is 4.79 Å². The summed E-state index contributed by atoms with van der Waals surface area (Å²) in [5.74, 6) is 3.19. The lowest BCUT2D eigenvalue weighted by atomic mass is 9.39. The molecular weight excluding hydrogens is 552 g/mol. The summed E-state index contributed by atoms with van der Waals surface area (Å²) >= 11 is 0. The van der Waals surface area contributed by atoms with E-state index in [0.717, 1.165) is 37.2 Å². The van der Waals surface area contributed by atoms with Gasteiger partial charge in [0.25, 0.3) is 0 Å². The van der Waals surface area contributed by atoms with Crippen LogP contribution < -0.4 is 0 Å². The van der Waals surface area contributed by atoms with E-state index in [1.54, 1.807) is 6.08 Å². The second-order valence-electron chi connectivity index (χ2n) is 17.9. The minimum Gasteiger partial charge on any atom is -0.459 e. The molecule has 45 heavy (non-hydrogen) atoms. The fourth-order valence-corrected chi connectivity index (χ4v) is 11.1. The van der Waals surface area contributed by atoms with Crippen LogP contribution in [0.4, 0.5) is 0 Å². The van der Waals surface area contributed by atoms with Gasteiger partial charge in [-0.2, -0.15) is 0 Å². The zero-order chi connectivity index (χ0) is 33.2. The van der Waals surface area contributed by atoms with Crippen LogP contribution in [0.2, 0.25) is 0 Å². The molecule has 0 bridgehead atoms. The number of benzene rings is 1. The molecule has 0 aromatic heterocycles. The third kappa shape index (κ3) is 5.41. The van der Waals surface area contributed by atoms with Gasteiger partial charge < -0.3 is 4.74 Å². The van der Waals surface area contributed by atoms with Gasteiger partial charge in [0.15, 0.2) is 5.78 Å². The van der Waals surface area contributed by atoms with E-state index in [1.165, 1.54) is 24.8 Å². The van der Waals surface area contributed by atoms with Crippen LogP contribution in [-0.4, -0.2) is 17.9 Å². The number of fused-ring (bicyclic) bond motifs is 5. The number of hydrogen-bond donors (Lipinski definition) is 0. The van der Waals surface area contributed by atoms with Crippen molar-refractivity contribution in [2.75, 3.05) is 0 Å². The number of hydrogen-bond acceptors (Lipinski definition) is 3. The molecule has 0 aliphatic heterocycles. The molecule has 1 unspecified atom stereocenters. The Bertz CT molecular complexity index is 1340. The van der Waals surface area contributed by atoms with Crippen molar-refractivity contribution in [2.45, 2.75) is 127 Å². The van der Waals surface area contributed by atoms with Crippen LogP contribution in [-0.2, 0) is 14.3 Å². The van der Waals surface area contributed by atoms with Crippen molar-refractivity contribution < 1.29 is 14.3 Å². The van der Waals surface area contributed by atoms with E-state index in [1.807, 2.05) is 36.4 Å². The molecule has 0 N–H and O–H groups in total. The Morgan fingerprint density at radius 1 is 0.956 bits per heavy atom. The maximum Gasteiger partial charge on any atom is 0.331 e. The first-order valence-corrected chi connectivity index (χ1v) is 18.1. The molecule has 1 aromatic carbocycles. The number of carbonyl (C=O) groups is 2. The van der Waals surface area contributed by atoms with Crippen LogP contribution in [0.3, 0.4) is 0 Å². The quantitative estimate of drug-likeness (QED) is 0.216. The molecule has 3 fully saturated rings. The molecule has 3 saturated carbocycles. The van der Waals surface area contributed by atoms with Gasteiger partial charge in [0.2, 0.25) is 0 Å². The third-order valence-corrected chi connectivity index (χ3v) is 15.3. The van der Waals surface area contributed by atoms with E-state index in [2.05, 4.69) is 82.2 Å². The highest BCUT2D eigenvalue weighted by atomic mass is 16.5. The van der Waals surface area contributed by atoms with Crippen LogP contribution in [0.25, 0.3) is 6.08 Å². The molecule has 0 amide bonds. The Kier molecular flexibility index (Phi) is 8.98.